The van der Waals surface area contributed by atoms with E-state index in [0.717, 1.165) is 10.0 Å². The first kappa shape index (κ1) is 22.5. The van der Waals surface area contributed by atoms with Crippen LogP contribution in [0.1, 0.15) is 17.3 Å². The average Bonchev–Trinajstić information content (AvgIpc) is 3.43. The van der Waals surface area contributed by atoms with Crippen molar-refractivity contribution in [3.63, 3.8) is 0 Å². The number of benzene rings is 1. The van der Waals surface area contributed by atoms with Crippen LogP contribution in [0, 0.1) is 0 Å². The van der Waals surface area contributed by atoms with Crippen LogP contribution in [0.3, 0.4) is 0 Å². The Morgan fingerprint density at radius 2 is 1.85 bits per heavy atom. The molecule has 0 aliphatic carbocycles. The highest BCUT2D eigenvalue weighted by Gasteiger charge is 2.24. The summed E-state index contributed by atoms with van der Waals surface area (Å²) in [4.78, 5) is 26.1. The van der Waals surface area contributed by atoms with Crippen molar-refractivity contribution < 1.29 is 13.5 Å². The molecule has 34 heavy (non-hydrogen) atoms. The molecule has 0 spiro atoms. The standard InChI is InChI=1S/C21H23F2N9OS/c1-30(2)12-16-24-11-15(34-16)26-19-27-20(31-7-9-33-10-8-31)29-21(28-19)32-14-6-4-3-5-13(14)25-18(32)17(22)23/h3-6,11,17H,7-10,12H2,1-2H3,(H,26,27,28,29). The number of thiazole rings is 1. The van der Waals surface area contributed by atoms with Gasteiger partial charge >= 0.3 is 0 Å². The van der Waals surface area contributed by atoms with Crippen LogP contribution in [0.25, 0.3) is 17.0 Å². The number of halogens is 2. The van der Waals surface area contributed by atoms with E-state index in [-0.39, 0.29) is 11.9 Å². The maximum absolute atomic E-state index is 14.0. The maximum atomic E-state index is 14.0. The SMILES string of the molecule is CN(C)Cc1ncc(Nc2nc(N3CCOCC3)nc(-n3c(C(F)F)nc4ccccc43)n2)s1. The summed E-state index contributed by atoms with van der Waals surface area (Å²) in [5.74, 6) is 0.273. The van der Waals surface area contributed by atoms with E-state index in [1.165, 1.54) is 15.9 Å². The van der Waals surface area contributed by atoms with Crippen LogP contribution >= 0.6 is 11.3 Å². The van der Waals surface area contributed by atoms with Gasteiger partial charge in [0.1, 0.15) is 10.0 Å². The van der Waals surface area contributed by atoms with Gasteiger partial charge in [-0.05, 0) is 26.2 Å². The predicted octanol–water partition coefficient (Wildman–Crippen LogP) is 3.25. The monoisotopic (exact) mass is 487 g/mol. The Kier molecular flexibility index (Phi) is 6.30. The van der Waals surface area contributed by atoms with Gasteiger partial charge in [-0.25, -0.2) is 18.7 Å². The van der Waals surface area contributed by atoms with Gasteiger partial charge in [0, 0.05) is 19.6 Å². The molecular weight excluding hydrogens is 464 g/mol. The summed E-state index contributed by atoms with van der Waals surface area (Å²) in [5.41, 5.74) is 0.936. The lowest BCUT2D eigenvalue weighted by Gasteiger charge is -2.27. The first-order chi connectivity index (χ1) is 16.5. The van der Waals surface area contributed by atoms with Gasteiger partial charge in [0.2, 0.25) is 17.8 Å². The lowest BCUT2D eigenvalue weighted by Crippen LogP contribution is -2.37. The molecule has 0 atom stereocenters. The van der Waals surface area contributed by atoms with E-state index < -0.39 is 12.2 Å². The molecule has 10 nitrogen and oxygen atoms in total. The third-order valence-corrected chi connectivity index (χ3v) is 6.03. The third kappa shape index (κ3) is 4.67. The van der Waals surface area contributed by atoms with Crippen molar-refractivity contribution in [1.82, 2.24) is 34.4 Å². The zero-order valence-electron chi connectivity index (χ0n) is 18.6. The van der Waals surface area contributed by atoms with Crippen molar-refractivity contribution >= 4 is 39.3 Å². The van der Waals surface area contributed by atoms with E-state index >= 15 is 0 Å². The Morgan fingerprint density at radius 1 is 1.09 bits per heavy atom. The van der Waals surface area contributed by atoms with Gasteiger partial charge in [0.25, 0.3) is 6.43 Å². The molecule has 1 aliphatic heterocycles. The van der Waals surface area contributed by atoms with Crippen molar-refractivity contribution in [3.8, 4) is 5.95 Å². The number of para-hydroxylation sites is 2. The molecule has 178 valence electrons. The van der Waals surface area contributed by atoms with E-state index in [2.05, 4.69) is 30.2 Å². The highest BCUT2D eigenvalue weighted by Crippen LogP contribution is 2.29. The van der Waals surface area contributed by atoms with Gasteiger partial charge in [-0.2, -0.15) is 15.0 Å². The molecule has 0 amide bonds. The number of nitrogens with zero attached hydrogens (tertiary/aromatic N) is 8. The van der Waals surface area contributed by atoms with Crippen LogP contribution in [-0.4, -0.2) is 74.8 Å². The van der Waals surface area contributed by atoms with Crippen LogP contribution in [0.4, 0.5) is 25.7 Å². The molecule has 1 fully saturated rings. The number of nitrogens with one attached hydrogen (secondary N) is 1. The third-order valence-electron chi connectivity index (χ3n) is 5.13. The molecule has 1 aromatic carbocycles. The molecule has 0 radical (unpaired) electrons. The van der Waals surface area contributed by atoms with Crippen LogP contribution in [0.5, 0.6) is 0 Å². The topological polar surface area (TPSA) is 97.1 Å². The maximum Gasteiger partial charge on any atom is 0.296 e. The molecule has 1 aliphatic rings. The largest absolute Gasteiger partial charge is 0.378 e. The minimum absolute atomic E-state index is 0.0704. The highest BCUT2D eigenvalue weighted by atomic mass is 32.1. The first-order valence-electron chi connectivity index (χ1n) is 10.7. The van der Waals surface area contributed by atoms with E-state index in [1.54, 1.807) is 30.5 Å². The molecular formula is C21H23F2N9OS. The number of alkyl halides is 2. The number of anilines is 3. The number of morpholine rings is 1. The summed E-state index contributed by atoms with van der Waals surface area (Å²) in [6, 6.07) is 6.92. The number of imidazole rings is 1. The Hall–Kier alpha value is -3.29. The van der Waals surface area contributed by atoms with Gasteiger partial charge < -0.3 is 19.9 Å². The number of hydrogen-bond acceptors (Lipinski definition) is 10. The van der Waals surface area contributed by atoms with Gasteiger partial charge in [-0.3, -0.25) is 4.57 Å². The van der Waals surface area contributed by atoms with Gasteiger partial charge in [-0.15, -0.1) is 0 Å². The Balaban J connectivity index is 1.59. The first-order valence-corrected chi connectivity index (χ1v) is 11.5. The summed E-state index contributed by atoms with van der Waals surface area (Å²) >= 11 is 1.47. The normalized spacial score (nSPS) is 14.5. The van der Waals surface area contributed by atoms with Crippen molar-refractivity contribution in [2.24, 2.45) is 0 Å². The lowest BCUT2D eigenvalue weighted by molar-refractivity contribution is 0.122. The van der Waals surface area contributed by atoms with E-state index in [9.17, 15) is 8.78 Å². The molecule has 0 saturated carbocycles. The lowest BCUT2D eigenvalue weighted by atomic mass is 10.3. The second kappa shape index (κ2) is 9.52. The minimum atomic E-state index is -2.80. The Bertz CT molecular complexity index is 1290. The molecule has 13 heteroatoms. The fourth-order valence-electron chi connectivity index (χ4n) is 3.64. The fraction of sp³-hybridized carbons (Fsp3) is 0.381. The number of hydrogen-bond donors (Lipinski definition) is 1. The molecule has 3 aromatic heterocycles. The minimum Gasteiger partial charge on any atom is -0.378 e. The molecule has 1 N–H and O–H groups in total. The molecule has 1 saturated heterocycles. The molecule has 0 bridgehead atoms. The van der Waals surface area contributed by atoms with Gasteiger partial charge in [-0.1, -0.05) is 23.5 Å². The highest BCUT2D eigenvalue weighted by molar-refractivity contribution is 7.15. The van der Waals surface area contributed by atoms with Gasteiger partial charge in [0.15, 0.2) is 5.82 Å². The zero-order valence-corrected chi connectivity index (χ0v) is 19.5. The zero-order chi connectivity index (χ0) is 23.7. The fourth-order valence-corrected chi connectivity index (χ4v) is 4.57. The van der Waals surface area contributed by atoms with E-state index in [0.29, 0.717) is 49.8 Å². The predicted molar refractivity (Wildman–Crippen MR) is 125 cm³/mol. The molecule has 4 heterocycles. The Labute approximate surface area is 198 Å². The Morgan fingerprint density at radius 3 is 2.62 bits per heavy atom. The molecule has 0 unspecified atom stereocenters. The van der Waals surface area contributed by atoms with Crippen molar-refractivity contribution in [2.75, 3.05) is 50.6 Å². The van der Waals surface area contributed by atoms with Crippen LogP contribution < -0.4 is 10.2 Å². The van der Waals surface area contributed by atoms with Crippen LogP contribution in [0.2, 0.25) is 0 Å². The summed E-state index contributed by atoms with van der Waals surface area (Å²) in [5, 5.41) is 4.84. The molecule has 4 aromatic rings. The van der Waals surface area contributed by atoms with E-state index in [1.807, 2.05) is 23.9 Å². The van der Waals surface area contributed by atoms with Crippen molar-refractivity contribution in [1.29, 1.82) is 0 Å². The second-order valence-corrected chi connectivity index (χ2v) is 9.05. The number of rotatable bonds is 7. The number of aromatic nitrogens is 6. The molecule has 5 rings (SSSR count). The average molecular weight is 488 g/mol. The van der Waals surface area contributed by atoms with Gasteiger partial charge in [0.05, 0.1) is 30.4 Å². The van der Waals surface area contributed by atoms with Crippen LogP contribution in [-0.2, 0) is 11.3 Å². The number of ether oxygens (including phenoxy) is 1. The smallest absolute Gasteiger partial charge is 0.296 e. The van der Waals surface area contributed by atoms with E-state index in [4.69, 9.17) is 4.74 Å². The summed E-state index contributed by atoms with van der Waals surface area (Å²) in [7, 11) is 3.94. The quantitative estimate of drug-likeness (QED) is 0.421. The number of fused-ring (bicyclic) bond motifs is 1. The summed E-state index contributed by atoms with van der Waals surface area (Å²) < 4.78 is 34.6. The van der Waals surface area contributed by atoms with Crippen molar-refractivity contribution in [3.05, 3.63) is 41.3 Å². The second-order valence-electron chi connectivity index (χ2n) is 7.93. The van der Waals surface area contributed by atoms with Crippen LogP contribution in [0.15, 0.2) is 30.5 Å². The summed E-state index contributed by atoms with van der Waals surface area (Å²) in [6.07, 6.45) is -1.10. The summed E-state index contributed by atoms with van der Waals surface area (Å²) in [6.45, 7) is 2.93. The van der Waals surface area contributed by atoms with Crippen molar-refractivity contribution in [2.45, 2.75) is 13.0 Å².